The minimum atomic E-state index is 0.484. The maximum absolute atomic E-state index is 4.57. The maximum Gasteiger partial charge on any atom is 0.135 e. The zero-order valence-electron chi connectivity index (χ0n) is 11.6. The minimum absolute atomic E-state index is 0.484. The molecule has 3 heteroatoms. The van der Waals surface area contributed by atoms with Gasteiger partial charge in [0.25, 0.3) is 0 Å². The summed E-state index contributed by atoms with van der Waals surface area (Å²) in [6, 6.07) is 8.94. The zero-order chi connectivity index (χ0) is 13.1. The van der Waals surface area contributed by atoms with Crippen molar-refractivity contribution >= 4 is 16.6 Å². The molecule has 18 heavy (non-hydrogen) atoms. The van der Waals surface area contributed by atoms with Crippen molar-refractivity contribution in [1.29, 1.82) is 0 Å². The molecule has 0 aliphatic carbocycles. The molecule has 1 heterocycles. The molecular formula is C15H21N3. The first-order chi connectivity index (χ1) is 8.59. The Morgan fingerprint density at radius 3 is 2.44 bits per heavy atom. The van der Waals surface area contributed by atoms with Crippen molar-refractivity contribution < 1.29 is 0 Å². The lowest BCUT2D eigenvalue weighted by Crippen LogP contribution is -2.22. The van der Waals surface area contributed by atoms with Crippen molar-refractivity contribution in [3.05, 3.63) is 36.0 Å². The molecule has 0 atom stereocenters. The number of pyridine rings is 1. The third kappa shape index (κ3) is 2.62. The van der Waals surface area contributed by atoms with Gasteiger partial charge in [0.1, 0.15) is 5.82 Å². The number of fused-ring (bicyclic) bond motifs is 1. The Morgan fingerprint density at radius 1 is 1.17 bits per heavy atom. The molecule has 0 bridgehead atoms. The van der Waals surface area contributed by atoms with Gasteiger partial charge in [0.2, 0.25) is 0 Å². The first-order valence-corrected chi connectivity index (χ1v) is 6.37. The highest BCUT2D eigenvalue weighted by molar-refractivity contribution is 5.94. The number of benzene rings is 1. The molecule has 2 rings (SSSR count). The Balaban J connectivity index is 2.47. The van der Waals surface area contributed by atoms with E-state index in [2.05, 4.69) is 53.3 Å². The molecule has 1 N–H and O–H groups in total. The Bertz CT molecular complexity index is 532. The van der Waals surface area contributed by atoms with Crippen molar-refractivity contribution in [2.75, 3.05) is 19.0 Å². The Morgan fingerprint density at radius 2 is 1.83 bits per heavy atom. The molecule has 0 saturated carbocycles. The summed E-state index contributed by atoms with van der Waals surface area (Å²) in [5.41, 5.74) is 1.25. The van der Waals surface area contributed by atoms with E-state index in [0.29, 0.717) is 6.04 Å². The van der Waals surface area contributed by atoms with Crippen molar-refractivity contribution in [1.82, 2.24) is 10.3 Å². The van der Waals surface area contributed by atoms with Gasteiger partial charge < -0.3 is 10.2 Å². The fourth-order valence-corrected chi connectivity index (χ4v) is 2.05. The van der Waals surface area contributed by atoms with Crippen molar-refractivity contribution in [3.63, 3.8) is 0 Å². The summed E-state index contributed by atoms with van der Waals surface area (Å²) in [5, 5.41) is 5.94. The van der Waals surface area contributed by atoms with E-state index in [0.717, 1.165) is 12.4 Å². The van der Waals surface area contributed by atoms with Crippen LogP contribution in [-0.4, -0.2) is 25.1 Å². The highest BCUT2D eigenvalue weighted by atomic mass is 15.1. The van der Waals surface area contributed by atoms with Crippen LogP contribution < -0.4 is 10.2 Å². The molecule has 1 aromatic heterocycles. The Kier molecular flexibility index (Phi) is 3.82. The maximum atomic E-state index is 4.57. The second-order valence-electron chi connectivity index (χ2n) is 5.08. The molecule has 0 aliphatic rings. The van der Waals surface area contributed by atoms with E-state index in [4.69, 9.17) is 0 Å². The lowest BCUT2D eigenvalue weighted by Gasteiger charge is -2.17. The summed E-state index contributed by atoms with van der Waals surface area (Å²) < 4.78 is 0. The van der Waals surface area contributed by atoms with E-state index >= 15 is 0 Å². The molecular weight excluding hydrogens is 222 g/mol. The van der Waals surface area contributed by atoms with Crippen molar-refractivity contribution in [2.24, 2.45) is 0 Å². The normalized spacial score (nSPS) is 11.2. The largest absolute Gasteiger partial charge is 0.362 e. The van der Waals surface area contributed by atoms with Crippen molar-refractivity contribution in [3.8, 4) is 0 Å². The average molecular weight is 243 g/mol. The third-order valence-electron chi connectivity index (χ3n) is 2.98. The smallest absolute Gasteiger partial charge is 0.135 e. The van der Waals surface area contributed by atoms with Gasteiger partial charge in [0.15, 0.2) is 0 Å². The highest BCUT2D eigenvalue weighted by Crippen LogP contribution is 2.25. The van der Waals surface area contributed by atoms with Crippen LogP contribution in [0.1, 0.15) is 19.4 Å². The molecule has 0 fully saturated rings. The fraction of sp³-hybridized carbons (Fsp3) is 0.400. The average Bonchev–Trinajstić information content (AvgIpc) is 2.35. The van der Waals surface area contributed by atoms with Crippen LogP contribution in [0.15, 0.2) is 30.5 Å². The van der Waals surface area contributed by atoms with E-state index in [-0.39, 0.29) is 0 Å². The molecule has 2 aromatic rings. The molecule has 3 nitrogen and oxygen atoms in total. The van der Waals surface area contributed by atoms with Gasteiger partial charge in [-0.05, 0) is 10.9 Å². The third-order valence-corrected chi connectivity index (χ3v) is 2.98. The van der Waals surface area contributed by atoms with Gasteiger partial charge in [-0.2, -0.15) is 0 Å². The van der Waals surface area contributed by atoms with Crippen LogP contribution in [0.5, 0.6) is 0 Å². The lowest BCUT2D eigenvalue weighted by atomic mass is 10.1. The number of rotatable bonds is 4. The standard InChI is InChI=1S/C15H21N3/c1-11(2)16-9-12-10-17-15(18(3)4)14-8-6-5-7-13(12)14/h5-8,10-11,16H,9H2,1-4H3. The number of nitrogens with one attached hydrogen (secondary N) is 1. The van der Waals surface area contributed by atoms with Crippen LogP contribution >= 0.6 is 0 Å². The number of aromatic nitrogens is 1. The monoisotopic (exact) mass is 243 g/mol. The van der Waals surface area contributed by atoms with E-state index in [1.54, 1.807) is 0 Å². The summed E-state index contributed by atoms with van der Waals surface area (Å²) in [5.74, 6) is 1.03. The number of hydrogen-bond donors (Lipinski definition) is 1. The van der Waals surface area contributed by atoms with Gasteiger partial charge in [0, 0.05) is 38.3 Å². The van der Waals surface area contributed by atoms with Gasteiger partial charge >= 0.3 is 0 Å². The molecule has 1 aromatic carbocycles. The van der Waals surface area contributed by atoms with E-state index in [1.807, 2.05) is 20.3 Å². The lowest BCUT2D eigenvalue weighted by molar-refractivity contribution is 0.590. The summed E-state index contributed by atoms with van der Waals surface area (Å²) >= 11 is 0. The van der Waals surface area contributed by atoms with Gasteiger partial charge in [-0.1, -0.05) is 38.1 Å². The van der Waals surface area contributed by atoms with Gasteiger partial charge in [-0.25, -0.2) is 4.98 Å². The predicted octanol–water partition coefficient (Wildman–Crippen LogP) is 2.80. The molecule has 0 saturated heterocycles. The van der Waals surface area contributed by atoms with Crippen LogP contribution in [0, 0.1) is 0 Å². The first kappa shape index (κ1) is 12.8. The molecule has 0 aliphatic heterocycles. The van der Waals surface area contributed by atoms with Crippen LogP contribution in [0.4, 0.5) is 5.82 Å². The molecule has 0 radical (unpaired) electrons. The number of hydrogen-bond acceptors (Lipinski definition) is 3. The second-order valence-corrected chi connectivity index (χ2v) is 5.08. The topological polar surface area (TPSA) is 28.2 Å². The van der Waals surface area contributed by atoms with Gasteiger partial charge in [-0.15, -0.1) is 0 Å². The number of nitrogens with zero attached hydrogens (tertiary/aromatic N) is 2. The van der Waals surface area contributed by atoms with Crippen LogP contribution in [0.3, 0.4) is 0 Å². The quantitative estimate of drug-likeness (QED) is 0.895. The second kappa shape index (κ2) is 5.36. The summed E-state index contributed by atoms with van der Waals surface area (Å²) in [7, 11) is 4.06. The van der Waals surface area contributed by atoms with Crippen molar-refractivity contribution in [2.45, 2.75) is 26.4 Å². The fourth-order valence-electron chi connectivity index (χ4n) is 2.05. The zero-order valence-corrected chi connectivity index (χ0v) is 11.6. The minimum Gasteiger partial charge on any atom is -0.362 e. The summed E-state index contributed by atoms with van der Waals surface area (Å²) in [6.45, 7) is 5.17. The molecule has 0 unspecified atom stereocenters. The summed E-state index contributed by atoms with van der Waals surface area (Å²) in [4.78, 5) is 6.63. The van der Waals surface area contributed by atoms with Crippen LogP contribution in [0.2, 0.25) is 0 Å². The van der Waals surface area contributed by atoms with Crippen LogP contribution in [0.25, 0.3) is 10.8 Å². The van der Waals surface area contributed by atoms with Gasteiger partial charge in [0.05, 0.1) is 0 Å². The Hall–Kier alpha value is -1.61. The predicted molar refractivity (Wildman–Crippen MR) is 78.0 cm³/mol. The van der Waals surface area contributed by atoms with E-state index in [9.17, 15) is 0 Å². The van der Waals surface area contributed by atoms with E-state index < -0.39 is 0 Å². The first-order valence-electron chi connectivity index (χ1n) is 6.37. The van der Waals surface area contributed by atoms with Gasteiger partial charge in [-0.3, -0.25) is 0 Å². The summed E-state index contributed by atoms with van der Waals surface area (Å²) in [6.07, 6.45) is 1.98. The molecule has 96 valence electrons. The molecule has 0 spiro atoms. The Labute approximate surface area is 109 Å². The highest BCUT2D eigenvalue weighted by Gasteiger charge is 2.08. The number of anilines is 1. The molecule has 0 amide bonds. The van der Waals surface area contributed by atoms with Crippen LogP contribution in [-0.2, 0) is 6.54 Å². The SMILES string of the molecule is CC(C)NCc1cnc(N(C)C)c2ccccc12. The van der Waals surface area contributed by atoms with E-state index in [1.165, 1.54) is 16.3 Å².